The third-order valence-electron chi connectivity index (χ3n) is 5.47. The van der Waals surface area contributed by atoms with E-state index in [2.05, 4.69) is 10.0 Å². The molecule has 0 aromatic heterocycles. The highest BCUT2D eigenvalue weighted by molar-refractivity contribution is 7.92. The highest BCUT2D eigenvalue weighted by Crippen LogP contribution is 2.27. The lowest BCUT2D eigenvalue weighted by atomic mass is 10.0. The molecule has 6 nitrogen and oxygen atoms in total. The maximum atomic E-state index is 13.0. The summed E-state index contributed by atoms with van der Waals surface area (Å²) in [5, 5.41) is 2.99. The van der Waals surface area contributed by atoms with Crippen LogP contribution in [0.15, 0.2) is 65.6 Å². The fourth-order valence-corrected chi connectivity index (χ4v) is 4.94. The van der Waals surface area contributed by atoms with Crippen molar-refractivity contribution in [2.45, 2.75) is 38.1 Å². The summed E-state index contributed by atoms with van der Waals surface area (Å²) in [6.07, 6.45) is 0.658. The number of amides is 1. The average Bonchev–Trinajstić information content (AvgIpc) is 2.79. The first-order valence-electron chi connectivity index (χ1n) is 10.5. The molecule has 3 rings (SSSR count). The molecule has 3 aromatic rings. The number of halogens is 1. The summed E-state index contributed by atoms with van der Waals surface area (Å²) >= 11 is 6.20. The first-order chi connectivity index (χ1) is 15.6. The number of ether oxygens (including phenoxy) is 1. The first-order valence-corrected chi connectivity index (χ1v) is 12.3. The molecule has 8 heteroatoms. The number of sulfonamides is 1. The highest BCUT2D eigenvalue weighted by atomic mass is 35.5. The van der Waals surface area contributed by atoms with Gasteiger partial charge in [0.15, 0.2) is 0 Å². The second-order valence-corrected chi connectivity index (χ2v) is 9.82. The van der Waals surface area contributed by atoms with Crippen molar-refractivity contribution >= 4 is 33.2 Å². The molecule has 0 fully saturated rings. The Kier molecular flexibility index (Phi) is 7.66. The summed E-state index contributed by atoms with van der Waals surface area (Å²) in [6, 6.07) is 16.7. The van der Waals surface area contributed by atoms with Gasteiger partial charge in [-0.15, -0.1) is 0 Å². The monoisotopic (exact) mass is 486 g/mol. The van der Waals surface area contributed by atoms with Gasteiger partial charge < -0.3 is 10.1 Å². The van der Waals surface area contributed by atoms with Gasteiger partial charge in [0.25, 0.3) is 15.9 Å². The van der Waals surface area contributed by atoms with Crippen molar-refractivity contribution in [3.8, 4) is 5.75 Å². The van der Waals surface area contributed by atoms with Crippen molar-refractivity contribution in [1.29, 1.82) is 0 Å². The molecule has 0 aliphatic carbocycles. The molecule has 3 aromatic carbocycles. The SMILES string of the molecule is CCC(NC(=O)c1ccc(Cl)c(S(=O)(=O)Nc2ccc(C)c(C)c2)c1)c1ccc(OC)cc1. The maximum Gasteiger partial charge on any atom is 0.263 e. The lowest BCUT2D eigenvalue weighted by Crippen LogP contribution is -2.28. The van der Waals surface area contributed by atoms with Gasteiger partial charge in [-0.05, 0) is 79.4 Å². The third-order valence-corrected chi connectivity index (χ3v) is 7.34. The molecule has 1 atom stereocenters. The molecule has 1 amide bonds. The van der Waals surface area contributed by atoms with Crippen LogP contribution in [-0.2, 0) is 10.0 Å². The molecular weight excluding hydrogens is 460 g/mol. The number of methoxy groups -OCH3 is 1. The number of carbonyl (C=O) groups excluding carboxylic acids is 1. The van der Waals surface area contributed by atoms with E-state index in [4.69, 9.17) is 16.3 Å². The van der Waals surface area contributed by atoms with Gasteiger partial charge in [0.1, 0.15) is 10.6 Å². The number of aryl methyl sites for hydroxylation is 2. The zero-order valence-electron chi connectivity index (χ0n) is 19.0. The Morgan fingerprint density at radius 3 is 2.30 bits per heavy atom. The van der Waals surface area contributed by atoms with Crippen molar-refractivity contribution in [2.24, 2.45) is 0 Å². The largest absolute Gasteiger partial charge is 0.497 e. The minimum atomic E-state index is -4.00. The summed E-state index contributed by atoms with van der Waals surface area (Å²) in [5.74, 6) is 0.334. The van der Waals surface area contributed by atoms with Gasteiger partial charge in [0, 0.05) is 11.3 Å². The van der Waals surface area contributed by atoms with Crippen molar-refractivity contribution in [1.82, 2.24) is 5.32 Å². The van der Waals surface area contributed by atoms with E-state index in [9.17, 15) is 13.2 Å². The second-order valence-electron chi connectivity index (χ2n) is 7.76. The van der Waals surface area contributed by atoms with Crippen LogP contribution >= 0.6 is 11.6 Å². The number of anilines is 1. The van der Waals surface area contributed by atoms with Gasteiger partial charge in [-0.1, -0.05) is 36.7 Å². The molecule has 0 aliphatic heterocycles. The zero-order valence-corrected chi connectivity index (χ0v) is 20.5. The first kappa shape index (κ1) is 24.6. The number of hydrogen-bond donors (Lipinski definition) is 2. The number of hydrogen-bond acceptors (Lipinski definition) is 4. The molecule has 0 bridgehead atoms. The highest BCUT2D eigenvalue weighted by Gasteiger charge is 2.22. The van der Waals surface area contributed by atoms with E-state index in [1.165, 1.54) is 18.2 Å². The molecule has 33 heavy (non-hydrogen) atoms. The summed E-state index contributed by atoms with van der Waals surface area (Å²) in [7, 11) is -2.41. The fraction of sp³-hybridized carbons (Fsp3) is 0.240. The van der Waals surface area contributed by atoms with Gasteiger partial charge >= 0.3 is 0 Å². The number of nitrogens with one attached hydrogen (secondary N) is 2. The van der Waals surface area contributed by atoms with E-state index in [0.29, 0.717) is 12.1 Å². The predicted octanol–water partition coefficient (Wildman–Crippen LogP) is 5.65. The molecule has 174 valence electrons. The van der Waals surface area contributed by atoms with Crippen molar-refractivity contribution in [3.05, 3.63) is 87.9 Å². The van der Waals surface area contributed by atoms with E-state index < -0.39 is 15.9 Å². The standard InChI is InChI=1S/C25H27ClN2O4S/c1-5-23(18-7-11-21(32-4)12-8-18)27-25(29)19-9-13-22(26)24(15-19)33(30,31)28-20-10-6-16(2)17(3)14-20/h6-15,23,28H,5H2,1-4H3,(H,27,29). The Bertz CT molecular complexity index is 1260. The molecular formula is C25H27ClN2O4S. The van der Waals surface area contributed by atoms with E-state index >= 15 is 0 Å². The molecule has 0 heterocycles. The van der Waals surface area contributed by atoms with Crippen LogP contribution in [0.2, 0.25) is 5.02 Å². The lowest BCUT2D eigenvalue weighted by Gasteiger charge is -2.18. The molecule has 0 aliphatic rings. The lowest BCUT2D eigenvalue weighted by molar-refractivity contribution is 0.0935. The van der Waals surface area contributed by atoms with E-state index in [1.807, 2.05) is 51.1 Å². The molecule has 0 saturated heterocycles. The Balaban J connectivity index is 1.84. The van der Waals surface area contributed by atoms with Crippen molar-refractivity contribution < 1.29 is 17.9 Å². The Hall–Kier alpha value is -3.03. The molecule has 0 radical (unpaired) electrons. The van der Waals surface area contributed by atoms with Crippen LogP contribution in [0, 0.1) is 13.8 Å². The second kappa shape index (κ2) is 10.3. The average molecular weight is 487 g/mol. The van der Waals surface area contributed by atoms with Gasteiger partial charge in [-0.25, -0.2) is 8.42 Å². The van der Waals surface area contributed by atoms with Crippen LogP contribution in [0.1, 0.15) is 46.4 Å². The number of rotatable bonds is 8. The topological polar surface area (TPSA) is 84.5 Å². The van der Waals surface area contributed by atoms with Gasteiger partial charge in [0.05, 0.1) is 18.2 Å². The summed E-state index contributed by atoms with van der Waals surface area (Å²) in [5.41, 5.74) is 3.56. The van der Waals surface area contributed by atoms with Crippen molar-refractivity contribution in [2.75, 3.05) is 11.8 Å². The normalized spacial score (nSPS) is 12.2. The van der Waals surface area contributed by atoms with Crippen LogP contribution in [0.5, 0.6) is 5.75 Å². The van der Waals surface area contributed by atoms with E-state index in [-0.39, 0.29) is 21.5 Å². The molecule has 2 N–H and O–H groups in total. The predicted molar refractivity (Wildman–Crippen MR) is 132 cm³/mol. The molecule has 0 saturated carbocycles. The van der Waals surface area contributed by atoms with Crippen molar-refractivity contribution in [3.63, 3.8) is 0 Å². The third kappa shape index (κ3) is 5.86. The maximum absolute atomic E-state index is 13.0. The minimum Gasteiger partial charge on any atom is -0.497 e. The zero-order chi connectivity index (χ0) is 24.2. The number of benzene rings is 3. The molecule has 0 spiro atoms. The van der Waals surface area contributed by atoms with E-state index in [0.717, 1.165) is 22.4 Å². The van der Waals surface area contributed by atoms with Crippen LogP contribution in [0.4, 0.5) is 5.69 Å². The van der Waals surface area contributed by atoms with Crippen LogP contribution in [0.25, 0.3) is 0 Å². The minimum absolute atomic E-state index is 0.0325. The smallest absolute Gasteiger partial charge is 0.263 e. The fourth-order valence-electron chi connectivity index (χ4n) is 3.36. The summed E-state index contributed by atoms with van der Waals surface area (Å²) < 4.78 is 33.8. The van der Waals surface area contributed by atoms with Gasteiger partial charge in [-0.2, -0.15) is 0 Å². The number of carbonyl (C=O) groups is 1. The van der Waals surface area contributed by atoms with E-state index in [1.54, 1.807) is 19.2 Å². The van der Waals surface area contributed by atoms with Gasteiger partial charge in [-0.3, -0.25) is 9.52 Å². The summed E-state index contributed by atoms with van der Waals surface area (Å²) in [6.45, 7) is 5.81. The summed E-state index contributed by atoms with van der Waals surface area (Å²) in [4.78, 5) is 12.8. The Labute approximate surface area is 200 Å². The quantitative estimate of drug-likeness (QED) is 0.431. The van der Waals surface area contributed by atoms with Crippen LogP contribution in [-0.4, -0.2) is 21.4 Å². The van der Waals surface area contributed by atoms with Gasteiger partial charge in [0.2, 0.25) is 0 Å². The molecule has 1 unspecified atom stereocenters. The van der Waals surface area contributed by atoms with Crippen LogP contribution in [0.3, 0.4) is 0 Å². The Morgan fingerprint density at radius 2 is 1.70 bits per heavy atom. The Morgan fingerprint density at radius 1 is 1.00 bits per heavy atom. The van der Waals surface area contributed by atoms with Crippen LogP contribution < -0.4 is 14.8 Å².